The Morgan fingerprint density at radius 1 is 0.870 bits per heavy atom. The molecule has 3 aromatic rings. The van der Waals surface area contributed by atoms with Gasteiger partial charge in [0.25, 0.3) is 0 Å². The summed E-state index contributed by atoms with van der Waals surface area (Å²) in [5.41, 5.74) is 0.998. The summed E-state index contributed by atoms with van der Waals surface area (Å²) in [6.07, 6.45) is 0. The molecule has 2 aromatic carbocycles. The van der Waals surface area contributed by atoms with E-state index < -0.39 is 0 Å². The number of rotatable bonds is 4. The van der Waals surface area contributed by atoms with Crippen LogP contribution in [0.15, 0.2) is 51.7 Å². The smallest absolute Gasteiger partial charge is 0.204 e. The van der Waals surface area contributed by atoms with E-state index in [2.05, 4.69) is 0 Å². The molecule has 0 fully saturated rings. The number of methoxy groups -OCH3 is 3. The summed E-state index contributed by atoms with van der Waals surface area (Å²) < 4.78 is 21.7. The minimum absolute atomic E-state index is 0.141. The molecule has 1 heterocycles. The molecule has 0 saturated heterocycles. The van der Waals surface area contributed by atoms with Gasteiger partial charge in [-0.25, -0.2) is 0 Å². The molecule has 0 amide bonds. The summed E-state index contributed by atoms with van der Waals surface area (Å²) in [5.74, 6) is 2.10. The molecule has 0 spiro atoms. The first-order chi connectivity index (χ1) is 11.2. The van der Waals surface area contributed by atoms with Gasteiger partial charge in [0.2, 0.25) is 5.75 Å². The summed E-state index contributed by atoms with van der Waals surface area (Å²) in [5, 5.41) is 0.444. The van der Waals surface area contributed by atoms with Crippen LogP contribution in [0.4, 0.5) is 0 Å². The Morgan fingerprint density at radius 3 is 2.22 bits per heavy atom. The van der Waals surface area contributed by atoms with Crippen LogP contribution in [0.1, 0.15) is 0 Å². The third-order valence-electron chi connectivity index (χ3n) is 3.61. The standard InChI is InChI=1S/C18H16O5/c1-20-12-6-4-11(5-7-12)16-10-14(19)13-8-9-15(21-2)18(22-3)17(13)23-16/h4-10H,1-3H3. The van der Waals surface area contributed by atoms with Crippen molar-refractivity contribution >= 4 is 11.0 Å². The summed E-state index contributed by atoms with van der Waals surface area (Å²) in [6, 6.07) is 12.1. The van der Waals surface area contributed by atoms with Gasteiger partial charge >= 0.3 is 0 Å². The first-order valence-electron chi connectivity index (χ1n) is 7.01. The average molecular weight is 312 g/mol. The van der Waals surface area contributed by atoms with Gasteiger partial charge in [-0.15, -0.1) is 0 Å². The van der Waals surface area contributed by atoms with Crippen LogP contribution in [0.2, 0.25) is 0 Å². The van der Waals surface area contributed by atoms with Gasteiger partial charge in [-0.3, -0.25) is 4.79 Å². The highest BCUT2D eigenvalue weighted by molar-refractivity contribution is 5.86. The minimum atomic E-state index is -0.141. The maximum Gasteiger partial charge on any atom is 0.204 e. The molecule has 0 bridgehead atoms. The van der Waals surface area contributed by atoms with Crippen molar-refractivity contribution in [2.45, 2.75) is 0 Å². The van der Waals surface area contributed by atoms with Crippen molar-refractivity contribution < 1.29 is 18.6 Å². The Labute approximate surface area is 133 Å². The first kappa shape index (κ1) is 15.0. The number of hydrogen-bond acceptors (Lipinski definition) is 5. The van der Waals surface area contributed by atoms with E-state index in [9.17, 15) is 4.79 Å². The molecule has 0 radical (unpaired) electrons. The van der Waals surface area contributed by atoms with Gasteiger partial charge in [0.1, 0.15) is 11.5 Å². The lowest BCUT2D eigenvalue weighted by atomic mass is 10.1. The second-order valence-corrected chi connectivity index (χ2v) is 4.88. The number of hydrogen-bond donors (Lipinski definition) is 0. The van der Waals surface area contributed by atoms with Gasteiger partial charge in [-0.05, 0) is 36.4 Å². The molecule has 0 atom stereocenters. The molecule has 23 heavy (non-hydrogen) atoms. The van der Waals surface area contributed by atoms with Crippen molar-refractivity contribution in [1.82, 2.24) is 0 Å². The van der Waals surface area contributed by atoms with Gasteiger partial charge in [-0.1, -0.05) is 0 Å². The van der Waals surface area contributed by atoms with E-state index in [0.29, 0.717) is 28.2 Å². The Hall–Kier alpha value is -2.95. The van der Waals surface area contributed by atoms with Crippen LogP contribution < -0.4 is 19.6 Å². The molecule has 5 nitrogen and oxygen atoms in total. The number of benzene rings is 2. The monoisotopic (exact) mass is 312 g/mol. The van der Waals surface area contributed by atoms with Crippen molar-refractivity contribution in [1.29, 1.82) is 0 Å². The van der Waals surface area contributed by atoms with Crippen molar-refractivity contribution in [2.24, 2.45) is 0 Å². The molecule has 0 N–H and O–H groups in total. The predicted octanol–water partition coefficient (Wildman–Crippen LogP) is 3.49. The highest BCUT2D eigenvalue weighted by Gasteiger charge is 2.15. The van der Waals surface area contributed by atoms with Crippen molar-refractivity contribution in [3.05, 3.63) is 52.7 Å². The molecule has 0 unspecified atom stereocenters. The van der Waals surface area contributed by atoms with Crippen LogP contribution in [0.3, 0.4) is 0 Å². The summed E-state index contributed by atoms with van der Waals surface area (Å²) in [4.78, 5) is 12.4. The second kappa shape index (κ2) is 6.04. The Kier molecular flexibility index (Phi) is 3.93. The third kappa shape index (κ3) is 2.61. The lowest BCUT2D eigenvalue weighted by Gasteiger charge is -2.10. The molecule has 3 rings (SSSR count). The van der Waals surface area contributed by atoms with Crippen molar-refractivity contribution in [3.8, 4) is 28.6 Å². The van der Waals surface area contributed by atoms with Gasteiger partial charge in [-0.2, -0.15) is 0 Å². The van der Waals surface area contributed by atoms with Crippen LogP contribution in [0, 0.1) is 0 Å². The zero-order valence-electron chi connectivity index (χ0n) is 13.1. The average Bonchev–Trinajstić information content (AvgIpc) is 2.60. The fraction of sp³-hybridized carbons (Fsp3) is 0.167. The second-order valence-electron chi connectivity index (χ2n) is 4.88. The zero-order valence-corrected chi connectivity index (χ0v) is 13.1. The van der Waals surface area contributed by atoms with Crippen molar-refractivity contribution in [2.75, 3.05) is 21.3 Å². The molecule has 118 valence electrons. The Morgan fingerprint density at radius 2 is 1.61 bits per heavy atom. The number of fused-ring (bicyclic) bond motifs is 1. The van der Waals surface area contributed by atoms with E-state index in [0.717, 1.165) is 11.3 Å². The quantitative estimate of drug-likeness (QED) is 0.738. The lowest BCUT2D eigenvalue weighted by Crippen LogP contribution is -2.02. The minimum Gasteiger partial charge on any atom is -0.497 e. The molecular weight excluding hydrogens is 296 g/mol. The van der Waals surface area contributed by atoms with E-state index in [1.165, 1.54) is 20.3 Å². The van der Waals surface area contributed by atoms with Crippen LogP contribution in [0.25, 0.3) is 22.3 Å². The summed E-state index contributed by atoms with van der Waals surface area (Å²) in [7, 11) is 4.65. The molecule has 0 aliphatic rings. The third-order valence-corrected chi connectivity index (χ3v) is 3.61. The molecular formula is C18H16O5. The van der Waals surface area contributed by atoms with E-state index in [1.54, 1.807) is 19.2 Å². The van der Waals surface area contributed by atoms with Crippen LogP contribution in [-0.4, -0.2) is 21.3 Å². The zero-order chi connectivity index (χ0) is 16.4. The van der Waals surface area contributed by atoms with E-state index in [-0.39, 0.29) is 5.43 Å². The number of ether oxygens (including phenoxy) is 3. The maximum absolute atomic E-state index is 12.4. The normalized spacial score (nSPS) is 10.6. The van der Waals surface area contributed by atoms with Gasteiger partial charge in [0.05, 0.1) is 26.7 Å². The fourth-order valence-electron chi connectivity index (χ4n) is 2.43. The summed E-state index contributed by atoms with van der Waals surface area (Å²) in [6.45, 7) is 0. The largest absolute Gasteiger partial charge is 0.497 e. The molecule has 0 saturated carbocycles. The van der Waals surface area contributed by atoms with Crippen LogP contribution in [-0.2, 0) is 0 Å². The first-order valence-corrected chi connectivity index (χ1v) is 7.01. The molecule has 5 heteroatoms. The molecule has 0 aliphatic heterocycles. The van der Waals surface area contributed by atoms with Crippen LogP contribution >= 0.6 is 0 Å². The predicted molar refractivity (Wildman–Crippen MR) is 87.6 cm³/mol. The van der Waals surface area contributed by atoms with E-state index >= 15 is 0 Å². The van der Waals surface area contributed by atoms with Gasteiger partial charge < -0.3 is 18.6 Å². The van der Waals surface area contributed by atoms with E-state index in [4.69, 9.17) is 18.6 Å². The topological polar surface area (TPSA) is 57.9 Å². The highest BCUT2D eigenvalue weighted by Crippen LogP contribution is 2.36. The fourth-order valence-corrected chi connectivity index (χ4v) is 2.43. The molecule has 1 aromatic heterocycles. The highest BCUT2D eigenvalue weighted by atomic mass is 16.5. The lowest BCUT2D eigenvalue weighted by molar-refractivity contribution is 0.353. The maximum atomic E-state index is 12.4. The SMILES string of the molecule is COc1ccc(-c2cc(=O)c3ccc(OC)c(OC)c3o2)cc1. The van der Waals surface area contributed by atoms with Crippen LogP contribution in [0.5, 0.6) is 17.2 Å². The van der Waals surface area contributed by atoms with Gasteiger partial charge in [0, 0.05) is 11.6 Å². The van der Waals surface area contributed by atoms with Crippen molar-refractivity contribution in [3.63, 3.8) is 0 Å². The Bertz CT molecular complexity index is 894. The summed E-state index contributed by atoms with van der Waals surface area (Å²) >= 11 is 0. The van der Waals surface area contributed by atoms with E-state index in [1.807, 2.05) is 24.3 Å². The van der Waals surface area contributed by atoms with Gasteiger partial charge in [0.15, 0.2) is 16.8 Å². The Balaban J connectivity index is 2.24. The molecule has 0 aliphatic carbocycles.